The van der Waals surface area contributed by atoms with Crippen LogP contribution in [-0.4, -0.2) is 20.6 Å². The second-order valence-corrected chi connectivity index (χ2v) is 7.18. The lowest BCUT2D eigenvalue weighted by molar-refractivity contribution is 0.0939. The third-order valence-corrected chi connectivity index (χ3v) is 4.46. The smallest absolute Gasteiger partial charge is 0.251 e. The number of sulfone groups is 1. The SMILES string of the molecule is CC(NC(=O)c1ccc(S(C)(=O)=O)cc1)c1ccc(F)c(F)c1. The van der Waals surface area contributed by atoms with Crippen LogP contribution in [0.2, 0.25) is 0 Å². The van der Waals surface area contributed by atoms with Crippen molar-refractivity contribution in [3.63, 3.8) is 0 Å². The third kappa shape index (κ3) is 4.13. The highest BCUT2D eigenvalue weighted by Gasteiger charge is 2.14. The van der Waals surface area contributed by atoms with Gasteiger partial charge in [-0.25, -0.2) is 17.2 Å². The third-order valence-electron chi connectivity index (χ3n) is 3.34. The van der Waals surface area contributed by atoms with Crippen molar-refractivity contribution in [1.82, 2.24) is 5.32 Å². The van der Waals surface area contributed by atoms with Gasteiger partial charge in [0, 0.05) is 11.8 Å². The highest BCUT2D eigenvalue weighted by atomic mass is 32.2. The molecule has 23 heavy (non-hydrogen) atoms. The van der Waals surface area contributed by atoms with Crippen LogP contribution < -0.4 is 5.32 Å². The molecule has 122 valence electrons. The number of nitrogens with one attached hydrogen (secondary N) is 1. The largest absolute Gasteiger partial charge is 0.346 e. The molecule has 1 atom stereocenters. The average molecular weight is 339 g/mol. The van der Waals surface area contributed by atoms with Crippen molar-refractivity contribution in [2.75, 3.05) is 6.26 Å². The number of halogens is 2. The number of carbonyl (C=O) groups is 1. The number of benzene rings is 2. The molecule has 2 rings (SSSR count). The summed E-state index contributed by atoms with van der Waals surface area (Å²) in [6.07, 6.45) is 1.08. The molecular weight excluding hydrogens is 324 g/mol. The molecular formula is C16H15F2NO3S. The van der Waals surface area contributed by atoms with Gasteiger partial charge in [-0.05, 0) is 48.9 Å². The monoisotopic (exact) mass is 339 g/mol. The molecule has 2 aromatic rings. The van der Waals surface area contributed by atoms with E-state index in [0.717, 1.165) is 18.4 Å². The standard InChI is InChI=1S/C16H15F2NO3S/c1-10(12-5-8-14(17)15(18)9-12)19-16(20)11-3-6-13(7-4-11)23(2,21)22/h3-10H,1-2H3,(H,19,20). The van der Waals surface area contributed by atoms with Crippen LogP contribution in [0.1, 0.15) is 28.9 Å². The van der Waals surface area contributed by atoms with Crippen LogP contribution in [0.5, 0.6) is 0 Å². The van der Waals surface area contributed by atoms with Crippen molar-refractivity contribution in [2.45, 2.75) is 17.9 Å². The van der Waals surface area contributed by atoms with Crippen LogP contribution in [-0.2, 0) is 9.84 Å². The molecule has 0 heterocycles. The van der Waals surface area contributed by atoms with Gasteiger partial charge >= 0.3 is 0 Å². The summed E-state index contributed by atoms with van der Waals surface area (Å²) in [4.78, 5) is 12.2. The van der Waals surface area contributed by atoms with Crippen molar-refractivity contribution in [1.29, 1.82) is 0 Å². The molecule has 2 aromatic carbocycles. The van der Waals surface area contributed by atoms with Crippen molar-refractivity contribution >= 4 is 15.7 Å². The first-order chi connectivity index (χ1) is 10.7. The Morgan fingerprint density at radius 1 is 1.04 bits per heavy atom. The quantitative estimate of drug-likeness (QED) is 0.932. The second-order valence-electron chi connectivity index (χ2n) is 5.17. The molecule has 0 aliphatic rings. The molecule has 1 amide bonds. The van der Waals surface area contributed by atoms with Gasteiger partial charge in [0.2, 0.25) is 0 Å². The highest BCUT2D eigenvalue weighted by molar-refractivity contribution is 7.90. The number of hydrogen-bond donors (Lipinski definition) is 1. The number of hydrogen-bond acceptors (Lipinski definition) is 3. The van der Waals surface area contributed by atoms with Gasteiger partial charge in [-0.1, -0.05) is 6.07 Å². The normalized spacial score (nSPS) is 12.7. The molecule has 0 saturated heterocycles. The minimum Gasteiger partial charge on any atom is -0.346 e. The molecule has 4 nitrogen and oxygen atoms in total. The maximum Gasteiger partial charge on any atom is 0.251 e. The fraction of sp³-hybridized carbons (Fsp3) is 0.188. The molecule has 7 heteroatoms. The van der Waals surface area contributed by atoms with Crippen LogP contribution in [0.25, 0.3) is 0 Å². The second kappa shape index (κ2) is 6.45. The van der Waals surface area contributed by atoms with Crippen molar-refractivity contribution in [3.8, 4) is 0 Å². The Balaban J connectivity index is 2.13. The van der Waals surface area contributed by atoms with Crippen molar-refractivity contribution in [3.05, 3.63) is 65.2 Å². The Morgan fingerprint density at radius 3 is 2.17 bits per heavy atom. The first-order valence-electron chi connectivity index (χ1n) is 6.74. The molecule has 0 fully saturated rings. The zero-order valence-electron chi connectivity index (χ0n) is 12.5. The zero-order valence-corrected chi connectivity index (χ0v) is 13.3. The van der Waals surface area contributed by atoms with Crippen molar-refractivity contribution < 1.29 is 22.0 Å². The van der Waals surface area contributed by atoms with Gasteiger partial charge in [0.05, 0.1) is 10.9 Å². The van der Waals surface area contributed by atoms with E-state index >= 15 is 0 Å². The summed E-state index contributed by atoms with van der Waals surface area (Å²) in [6.45, 7) is 1.63. The maximum absolute atomic E-state index is 13.2. The molecule has 0 aromatic heterocycles. The predicted octanol–water partition coefficient (Wildman–Crippen LogP) is 2.86. The first-order valence-corrected chi connectivity index (χ1v) is 8.63. The van der Waals surface area contributed by atoms with E-state index in [9.17, 15) is 22.0 Å². The lowest BCUT2D eigenvalue weighted by atomic mass is 10.1. The minimum absolute atomic E-state index is 0.114. The summed E-state index contributed by atoms with van der Waals surface area (Å²) >= 11 is 0. The van der Waals surface area contributed by atoms with Crippen LogP contribution in [0.15, 0.2) is 47.4 Å². The van der Waals surface area contributed by atoms with Gasteiger partial charge in [-0.15, -0.1) is 0 Å². The molecule has 0 saturated carbocycles. The summed E-state index contributed by atoms with van der Waals surface area (Å²) < 4.78 is 48.9. The minimum atomic E-state index is -3.33. The van der Waals surface area contributed by atoms with E-state index in [1.807, 2.05) is 0 Å². The lowest BCUT2D eigenvalue weighted by Crippen LogP contribution is -2.26. The van der Waals surface area contributed by atoms with Gasteiger partial charge in [-0.3, -0.25) is 4.79 Å². The topological polar surface area (TPSA) is 63.2 Å². The van der Waals surface area contributed by atoms with Gasteiger partial charge < -0.3 is 5.32 Å². The first kappa shape index (κ1) is 17.1. The van der Waals surface area contributed by atoms with Crippen LogP contribution in [0.4, 0.5) is 8.78 Å². The van der Waals surface area contributed by atoms with Crippen LogP contribution in [0, 0.1) is 11.6 Å². The van der Waals surface area contributed by atoms with E-state index in [-0.39, 0.29) is 10.5 Å². The summed E-state index contributed by atoms with van der Waals surface area (Å²) in [6, 6.07) is 8.33. The fourth-order valence-electron chi connectivity index (χ4n) is 2.00. The van der Waals surface area contributed by atoms with Gasteiger partial charge in [0.25, 0.3) is 5.91 Å². The van der Waals surface area contributed by atoms with Crippen molar-refractivity contribution in [2.24, 2.45) is 0 Å². The summed E-state index contributed by atoms with van der Waals surface area (Å²) in [5.41, 5.74) is 0.692. The Morgan fingerprint density at radius 2 is 1.65 bits per heavy atom. The molecule has 0 radical (unpaired) electrons. The van der Waals surface area contributed by atoms with E-state index in [0.29, 0.717) is 5.56 Å². The molecule has 0 aliphatic carbocycles. The summed E-state index contributed by atoms with van der Waals surface area (Å²) in [5.74, 6) is -2.38. The van der Waals surface area contributed by atoms with Crippen LogP contribution >= 0.6 is 0 Å². The summed E-state index contributed by atoms with van der Waals surface area (Å²) in [7, 11) is -3.33. The number of amides is 1. The molecule has 0 spiro atoms. The molecule has 0 aliphatic heterocycles. The lowest BCUT2D eigenvalue weighted by Gasteiger charge is -2.14. The Labute approximate surface area is 133 Å². The molecule has 0 bridgehead atoms. The van der Waals surface area contributed by atoms with Crippen LogP contribution in [0.3, 0.4) is 0 Å². The van der Waals surface area contributed by atoms with E-state index in [2.05, 4.69) is 5.32 Å². The van der Waals surface area contributed by atoms with E-state index in [1.165, 1.54) is 30.3 Å². The highest BCUT2D eigenvalue weighted by Crippen LogP contribution is 2.17. The molecule has 1 N–H and O–H groups in total. The predicted molar refractivity (Wildman–Crippen MR) is 81.8 cm³/mol. The zero-order chi connectivity index (χ0) is 17.2. The van der Waals surface area contributed by atoms with E-state index < -0.39 is 33.4 Å². The van der Waals surface area contributed by atoms with E-state index in [1.54, 1.807) is 6.92 Å². The van der Waals surface area contributed by atoms with E-state index in [4.69, 9.17) is 0 Å². The average Bonchev–Trinajstić information content (AvgIpc) is 2.49. The fourth-order valence-corrected chi connectivity index (χ4v) is 2.63. The Kier molecular flexibility index (Phi) is 4.79. The summed E-state index contributed by atoms with van der Waals surface area (Å²) in [5, 5.41) is 2.64. The van der Waals surface area contributed by atoms with Gasteiger partial charge in [0.15, 0.2) is 21.5 Å². The van der Waals surface area contributed by atoms with Gasteiger partial charge in [-0.2, -0.15) is 0 Å². The Bertz CT molecular complexity index is 833. The number of rotatable bonds is 4. The Hall–Kier alpha value is -2.28. The van der Waals surface area contributed by atoms with Gasteiger partial charge in [0.1, 0.15) is 0 Å². The maximum atomic E-state index is 13.2. The molecule has 1 unspecified atom stereocenters. The number of carbonyl (C=O) groups excluding carboxylic acids is 1.